The highest BCUT2D eigenvalue weighted by Crippen LogP contribution is 2.38. The maximum Gasteiger partial charge on any atom is 0.268 e. The Bertz CT molecular complexity index is 1800. The number of hydrogen-bond donors (Lipinski definition) is 2. The van der Waals surface area contributed by atoms with Gasteiger partial charge in [0.15, 0.2) is 0 Å². The van der Waals surface area contributed by atoms with Crippen molar-refractivity contribution in [3.63, 3.8) is 0 Å². The molecule has 0 rings (SSSR count). The SMILES string of the molecule is CC/C=C\C/C=C\C/C=C\C/C=C\C/C=C\C/C=C\C/C=C\C/C=C\CCCCCCC(=O)NC(COP(=O)([O-])OCC[N+](C)(C)C)C(O)/C=C/CC/C=C/CC/C=C/CCCCCCCCCCCCCCCCCCCCCCC. The number of nitrogens with one attached hydrogen (secondary N) is 1. The molecule has 0 spiro atoms. The average Bonchev–Trinajstić information content (AvgIpc) is 3.47. The van der Waals surface area contributed by atoms with Crippen LogP contribution in [0.4, 0.5) is 0 Å². The number of allylic oxidation sites excluding steroid dienone is 21. The molecule has 9 heteroatoms. The molecule has 8 nitrogen and oxygen atoms in total. The van der Waals surface area contributed by atoms with Crippen LogP contribution in [0.15, 0.2) is 134 Å². The second-order valence-corrected chi connectivity index (χ2v) is 24.8. The van der Waals surface area contributed by atoms with Gasteiger partial charge < -0.3 is 28.8 Å². The zero-order chi connectivity index (χ0) is 59.8. The molecule has 82 heavy (non-hydrogen) atoms. The minimum absolute atomic E-state index is 0.0220. The number of aliphatic hydroxyl groups is 1. The fourth-order valence-corrected chi connectivity index (χ4v) is 9.87. The van der Waals surface area contributed by atoms with Gasteiger partial charge in [-0.1, -0.05) is 289 Å². The summed E-state index contributed by atoms with van der Waals surface area (Å²) in [4.78, 5) is 25.6. The molecular weight excluding hydrogens is 1030 g/mol. The third kappa shape index (κ3) is 64.2. The molecule has 0 aromatic rings. The topological polar surface area (TPSA) is 108 Å². The van der Waals surface area contributed by atoms with E-state index < -0.39 is 26.6 Å². The van der Waals surface area contributed by atoms with Crippen LogP contribution >= 0.6 is 7.82 Å². The zero-order valence-electron chi connectivity index (χ0n) is 53.6. The van der Waals surface area contributed by atoms with E-state index in [1.54, 1.807) is 6.08 Å². The van der Waals surface area contributed by atoms with Crippen molar-refractivity contribution in [2.75, 3.05) is 40.9 Å². The molecule has 0 fully saturated rings. The molecule has 3 atom stereocenters. The summed E-state index contributed by atoms with van der Waals surface area (Å²) >= 11 is 0. The predicted molar refractivity (Wildman–Crippen MR) is 357 cm³/mol. The number of carbonyl (C=O) groups excluding carboxylic acids is 1. The molecule has 0 saturated heterocycles. The van der Waals surface area contributed by atoms with Crippen LogP contribution in [0, 0.1) is 0 Å². The lowest BCUT2D eigenvalue weighted by Gasteiger charge is -2.29. The van der Waals surface area contributed by atoms with Gasteiger partial charge in [-0.25, -0.2) is 0 Å². The molecule has 0 aromatic carbocycles. The van der Waals surface area contributed by atoms with Gasteiger partial charge in [0.25, 0.3) is 7.82 Å². The lowest BCUT2D eigenvalue weighted by Crippen LogP contribution is -2.45. The van der Waals surface area contributed by atoms with Gasteiger partial charge in [-0.15, -0.1) is 0 Å². The molecule has 0 aliphatic carbocycles. The third-order valence-corrected chi connectivity index (χ3v) is 15.3. The van der Waals surface area contributed by atoms with E-state index in [9.17, 15) is 19.4 Å². The van der Waals surface area contributed by atoms with Crippen molar-refractivity contribution in [3.8, 4) is 0 Å². The molecule has 2 N–H and O–H groups in total. The summed E-state index contributed by atoms with van der Waals surface area (Å²) in [6, 6.07) is -0.936. The van der Waals surface area contributed by atoms with Crippen molar-refractivity contribution in [2.24, 2.45) is 0 Å². The number of carbonyl (C=O) groups is 1. The van der Waals surface area contributed by atoms with E-state index in [1.165, 1.54) is 141 Å². The van der Waals surface area contributed by atoms with Crippen molar-refractivity contribution >= 4 is 13.7 Å². The zero-order valence-corrected chi connectivity index (χ0v) is 54.5. The van der Waals surface area contributed by atoms with E-state index in [-0.39, 0.29) is 12.5 Å². The van der Waals surface area contributed by atoms with E-state index in [4.69, 9.17) is 9.05 Å². The van der Waals surface area contributed by atoms with E-state index in [0.29, 0.717) is 23.9 Å². The normalized spacial score (nSPS) is 14.6. The Hall–Kier alpha value is -3.36. The summed E-state index contributed by atoms with van der Waals surface area (Å²) in [5.74, 6) is -0.240. The van der Waals surface area contributed by atoms with Gasteiger partial charge in [0.2, 0.25) is 5.91 Å². The smallest absolute Gasteiger partial charge is 0.268 e. The highest BCUT2D eigenvalue weighted by Gasteiger charge is 2.23. The summed E-state index contributed by atoms with van der Waals surface area (Å²) in [5, 5.41) is 13.9. The van der Waals surface area contributed by atoms with Crippen LogP contribution in [0.25, 0.3) is 0 Å². The minimum Gasteiger partial charge on any atom is -0.756 e. The van der Waals surface area contributed by atoms with Crippen molar-refractivity contribution in [3.05, 3.63) is 134 Å². The summed E-state index contributed by atoms with van der Waals surface area (Å²) in [7, 11) is 1.20. The first-order valence-corrected chi connectivity index (χ1v) is 35.0. The van der Waals surface area contributed by atoms with Crippen LogP contribution < -0.4 is 10.2 Å². The lowest BCUT2D eigenvalue weighted by atomic mass is 10.0. The largest absolute Gasteiger partial charge is 0.756 e. The highest BCUT2D eigenvalue weighted by molar-refractivity contribution is 7.45. The highest BCUT2D eigenvalue weighted by atomic mass is 31.2. The molecule has 0 aromatic heterocycles. The van der Waals surface area contributed by atoms with E-state index >= 15 is 0 Å². The third-order valence-electron chi connectivity index (χ3n) is 14.3. The number of likely N-dealkylation sites (N-methyl/N-ethyl adjacent to an activating group) is 1. The molecule has 0 heterocycles. The fourth-order valence-electron chi connectivity index (χ4n) is 9.14. The first kappa shape index (κ1) is 78.6. The molecular formula is C73H127N2O6P. The molecule has 0 radical (unpaired) electrons. The van der Waals surface area contributed by atoms with Gasteiger partial charge in [-0.3, -0.25) is 9.36 Å². The molecule has 0 bridgehead atoms. The molecule has 3 unspecified atom stereocenters. The number of amides is 1. The van der Waals surface area contributed by atoms with Crippen molar-refractivity contribution in [1.82, 2.24) is 5.32 Å². The Balaban J connectivity index is 4.28. The molecule has 0 aliphatic heterocycles. The van der Waals surface area contributed by atoms with Gasteiger partial charge >= 0.3 is 0 Å². The van der Waals surface area contributed by atoms with Crippen LogP contribution in [0.3, 0.4) is 0 Å². The van der Waals surface area contributed by atoms with Crippen molar-refractivity contribution in [2.45, 2.75) is 283 Å². The summed E-state index contributed by atoms with van der Waals surface area (Å²) in [6.07, 6.45) is 94.3. The summed E-state index contributed by atoms with van der Waals surface area (Å²) in [5.41, 5.74) is 0. The monoisotopic (exact) mass is 1160 g/mol. The lowest BCUT2D eigenvalue weighted by molar-refractivity contribution is -0.870. The predicted octanol–water partition coefficient (Wildman–Crippen LogP) is 20.8. The van der Waals surface area contributed by atoms with Crippen LogP contribution in [0.5, 0.6) is 0 Å². The van der Waals surface area contributed by atoms with E-state index in [1.807, 2.05) is 27.2 Å². The molecule has 0 aliphatic rings. The average molecular weight is 1160 g/mol. The minimum atomic E-state index is -4.63. The van der Waals surface area contributed by atoms with Gasteiger partial charge in [-0.2, -0.15) is 0 Å². The standard InChI is InChI=1S/C73H127N2O6P/c1-6-8-10-12-14-16-18-20-22-24-26-28-30-32-34-36-37-39-40-42-44-46-48-50-52-54-56-58-60-62-64-66-72(76)71(70-81-82(78,79)80-69-68-75(3,4)5)74-73(77)67-65-63-61-59-57-55-53-51-49-47-45-43-41-38-35-33-31-29-27-25-23-21-19-17-15-13-11-9-7-2/h9,11,15,17,21,23,27,29,33,35,41,43,47-50,53,55-56,58,64,66,71-72,76H,6-8,10,12-14,16,18-20,22,24-26,28,30-32,34,36-40,42,44-46,51-52,54,57,59-63,65,67-70H2,1-5H3,(H-,74,77,78,79)/b11-9-,17-15-,23-21-,29-27-,35-33-,43-41-,49-47-,50-48+,55-53-,58-56+,66-64+. The second kappa shape index (κ2) is 62.2. The Morgan fingerprint density at radius 2 is 0.756 bits per heavy atom. The number of phosphoric ester groups is 1. The first-order chi connectivity index (χ1) is 40.0. The van der Waals surface area contributed by atoms with Gasteiger partial charge in [0.1, 0.15) is 13.2 Å². The van der Waals surface area contributed by atoms with Crippen LogP contribution in [-0.2, 0) is 18.4 Å². The molecule has 1 amide bonds. The number of quaternary nitrogens is 1. The van der Waals surface area contributed by atoms with Gasteiger partial charge in [-0.05, 0) is 109 Å². The molecule has 0 saturated carbocycles. The maximum absolute atomic E-state index is 13.0. The van der Waals surface area contributed by atoms with Crippen LogP contribution in [0.2, 0.25) is 0 Å². The number of hydrogen-bond acceptors (Lipinski definition) is 6. The van der Waals surface area contributed by atoms with Gasteiger partial charge in [0, 0.05) is 6.42 Å². The first-order valence-electron chi connectivity index (χ1n) is 33.5. The van der Waals surface area contributed by atoms with Crippen LogP contribution in [-0.4, -0.2) is 68.5 Å². The quantitative estimate of drug-likeness (QED) is 0.0272. The Labute approximate surface area is 506 Å². The fraction of sp³-hybridized carbons (Fsp3) is 0.685. The van der Waals surface area contributed by atoms with Crippen LogP contribution in [0.1, 0.15) is 271 Å². The Morgan fingerprint density at radius 3 is 1.13 bits per heavy atom. The van der Waals surface area contributed by atoms with E-state index in [2.05, 4.69) is 141 Å². The van der Waals surface area contributed by atoms with Crippen molar-refractivity contribution in [1.29, 1.82) is 0 Å². The number of aliphatic hydroxyl groups excluding tert-OH is 1. The summed E-state index contributed by atoms with van der Waals surface area (Å²) < 4.78 is 23.4. The number of rotatable bonds is 60. The molecule has 470 valence electrons. The van der Waals surface area contributed by atoms with Crippen molar-refractivity contribution < 1.29 is 32.9 Å². The maximum atomic E-state index is 13.0. The number of phosphoric acid groups is 1. The van der Waals surface area contributed by atoms with E-state index in [0.717, 1.165) is 103 Å². The Morgan fingerprint density at radius 1 is 0.439 bits per heavy atom. The summed E-state index contributed by atoms with van der Waals surface area (Å²) in [6.45, 7) is 4.49. The van der Waals surface area contributed by atoms with Gasteiger partial charge in [0.05, 0.1) is 39.9 Å². The Kier molecular flexibility index (Phi) is 59.6. The number of nitrogens with zero attached hydrogens (tertiary/aromatic N) is 1. The second-order valence-electron chi connectivity index (χ2n) is 23.4. The number of unbranched alkanes of at least 4 members (excludes halogenated alkanes) is 27.